The van der Waals surface area contributed by atoms with Crippen LogP contribution in [0.4, 0.5) is 5.82 Å². The number of hydrogen-bond donors (Lipinski definition) is 4. The molecule has 0 aliphatic rings. The van der Waals surface area contributed by atoms with E-state index in [0.29, 0.717) is 0 Å². The van der Waals surface area contributed by atoms with Crippen LogP contribution in [-0.4, -0.2) is 56.9 Å². The van der Waals surface area contributed by atoms with Crippen LogP contribution in [-0.2, 0) is 20.4 Å². The molecular weight excluding hydrogens is 317 g/mol. The Bertz CT molecular complexity index is 565. The summed E-state index contributed by atoms with van der Waals surface area (Å²) in [6.07, 6.45) is 0.0823. The summed E-state index contributed by atoms with van der Waals surface area (Å²) in [5.41, 5.74) is 4.74. The molecule has 1 rings (SSSR count). The fourth-order valence-corrected chi connectivity index (χ4v) is 2.36. The van der Waals surface area contributed by atoms with Crippen LogP contribution in [0.3, 0.4) is 0 Å². The van der Waals surface area contributed by atoms with Gasteiger partial charge in [-0.1, -0.05) is 0 Å². The molecule has 0 aromatic carbocycles. The molecule has 126 valence electrons. The van der Waals surface area contributed by atoms with Gasteiger partial charge in [0.05, 0.1) is 25.9 Å². The fourth-order valence-electron chi connectivity index (χ4n) is 1.47. The van der Waals surface area contributed by atoms with E-state index in [0.717, 1.165) is 4.57 Å². The average Bonchev–Trinajstić information content (AvgIpc) is 2.45. The molecule has 0 aliphatic carbocycles. The zero-order valence-electron chi connectivity index (χ0n) is 11.9. The summed E-state index contributed by atoms with van der Waals surface area (Å²) in [7, 11) is -3.98. The Hall–Kier alpha value is -1.29. The van der Waals surface area contributed by atoms with Gasteiger partial charge in [-0.15, -0.1) is 0 Å². The zero-order valence-corrected chi connectivity index (χ0v) is 12.8. The molecule has 11 heteroatoms. The normalized spacial score (nSPS) is 15.4. The van der Waals surface area contributed by atoms with Crippen molar-refractivity contribution in [2.24, 2.45) is 0 Å². The van der Waals surface area contributed by atoms with Crippen LogP contribution in [0.2, 0.25) is 0 Å². The van der Waals surface area contributed by atoms with Gasteiger partial charge in [0.25, 0.3) is 0 Å². The Labute approximate surface area is 126 Å². The van der Waals surface area contributed by atoms with Crippen LogP contribution in [0.25, 0.3) is 0 Å². The van der Waals surface area contributed by atoms with Crippen molar-refractivity contribution in [1.29, 1.82) is 0 Å². The summed E-state index contributed by atoms with van der Waals surface area (Å²) in [4.78, 5) is 24.6. The summed E-state index contributed by atoms with van der Waals surface area (Å²) in [6.45, 7) is -0.765. The maximum absolute atomic E-state index is 11.6. The fraction of sp³-hybridized carbons (Fsp3) is 0.636. The summed E-state index contributed by atoms with van der Waals surface area (Å²) < 4.78 is 22.6. The van der Waals surface area contributed by atoms with Gasteiger partial charge in [0.15, 0.2) is 0 Å². The maximum atomic E-state index is 11.6. The molecule has 0 spiro atoms. The highest BCUT2D eigenvalue weighted by atomic mass is 31.2. The van der Waals surface area contributed by atoms with Crippen LogP contribution in [0.1, 0.15) is 6.42 Å². The first-order valence-corrected chi connectivity index (χ1v) is 8.27. The molecular formula is C11H20N3O7P. The Balaban J connectivity index is 2.54. The number of ether oxygens (including phenoxy) is 1. The van der Waals surface area contributed by atoms with Crippen LogP contribution in [0.5, 0.6) is 0 Å². The monoisotopic (exact) mass is 337 g/mol. The van der Waals surface area contributed by atoms with Crippen LogP contribution >= 0.6 is 7.60 Å². The van der Waals surface area contributed by atoms with Gasteiger partial charge in [-0.3, -0.25) is 9.13 Å². The van der Waals surface area contributed by atoms with E-state index in [9.17, 15) is 19.4 Å². The van der Waals surface area contributed by atoms with Gasteiger partial charge in [0, 0.05) is 12.8 Å². The molecule has 0 radical (unpaired) electrons. The van der Waals surface area contributed by atoms with Gasteiger partial charge in [-0.25, -0.2) is 4.79 Å². The predicted octanol–water partition coefficient (Wildman–Crippen LogP) is -1.26. The Morgan fingerprint density at radius 3 is 2.77 bits per heavy atom. The van der Waals surface area contributed by atoms with Crippen molar-refractivity contribution in [3.8, 4) is 0 Å². The highest BCUT2D eigenvalue weighted by molar-refractivity contribution is 7.52. The van der Waals surface area contributed by atoms with E-state index in [1.807, 2.05) is 0 Å². The number of nitrogens with zero attached hydrogens (tertiary/aromatic N) is 2. The number of nitrogens with two attached hydrogens (primary N) is 1. The van der Waals surface area contributed by atoms with Crippen LogP contribution in [0, 0.1) is 0 Å². The van der Waals surface area contributed by atoms with Gasteiger partial charge in [-0.2, -0.15) is 4.98 Å². The number of anilines is 1. The molecule has 0 fully saturated rings. The van der Waals surface area contributed by atoms with Crippen LogP contribution < -0.4 is 11.4 Å². The van der Waals surface area contributed by atoms with E-state index < -0.39 is 32.3 Å². The molecule has 2 atom stereocenters. The highest BCUT2D eigenvalue weighted by Crippen LogP contribution is 2.42. The van der Waals surface area contributed by atoms with E-state index in [1.165, 1.54) is 12.3 Å². The van der Waals surface area contributed by atoms with E-state index in [4.69, 9.17) is 20.1 Å². The number of hydrogen-bond acceptors (Lipinski definition) is 8. The highest BCUT2D eigenvalue weighted by Gasteiger charge is 2.22. The number of aliphatic hydroxyl groups is 2. The number of aromatic nitrogens is 2. The molecule has 0 saturated carbocycles. The molecule has 0 bridgehead atoms. The molecule has 1 aromatic heterocycles. The largest absolute Gasteiger partial charge is 0.396 e. The Morgan fingerprint density at radius 2 is 2.18 bits per heavy atom. The van der Waals surface area contributed by atoms with E-state index in [-0.39, 0.29) is 32.0 Å². The SMILES string of the molecule is Nc1ccn(C[C@@H](CO)OCP(=O)(O)OCCCO)c(=O)n1. The van der Waals surface area contributed by atoms with Crippen molar-refractivity contribution in [2.75, 3.05) is 31.9 Å². The van der Waals surface area contributed by atoms with Crippen molar-refractivity contribution in [2.45, 2.75) is 19.1 Å². The van der Waals surface area contributed by atoms with Gasteiger partial charge >= 0.3 is 13.3 Å². The second-order valence-corrected chi connectivity index (χ2v) is 6.23. The van der Waals surface area contributed by atoms with Crippen molar-refractivity contribution in [3.63, 3.8) is 0 Å². The molecule has 0 aliphatic heterocycles. The minimum Gasteiger partial charge on any atom is -0.396 e. The maximum Gasteiger partial charge on any atom is 0.353 e. The van der Waals surface area contributed by atoms with Gasteiger partial charge in [-0.05, 0) is 12.5 Å². The van der Waals surface area contributed by atoms with Crippen molar-refractivity contribution < 1.29 is 28.9 Å². The first-order valence-electron chi connectivity index (χ1n) is 6.50. The predicted molar refractivity (Wildman–Crippen MR) is 77.2 cm³/mol. The smallest absolute Gasteiger partial charge is 0.353 e. The molecule has 1 unspecified atom stereocenters. The van der Waals surface area contributed by atoms with Gasteiger partial charge in [0.2, 0.25) is 0 Å². The summed E-state index contributed by atoms with van der Waals surface area (Å²) in [6, 6.07) is 1.41. The summed E-state index contributed by atoms with van der Waals surface area (Å²) in [5.74, 6) is 0.0693. The van der Waals surface area contributed by atoms with E-state index >= 15 is 0 Å². The second kappa shape index (κ2) is 8.99. The number of rotatable bonds is 10. The Morgan fingerprint density at radius 1 is 1.45 bits per heavy atom. The number of aliphatic hydroxyl groups excluding tert-OH is 2. The average molecular weight is 337 g/mol. The van der Waals surface area contributed by atoms with E-state index in [2.05, 4.69) is 4.98 Å². The standard InChI is InChI=1S/C11H20N3O7P/c12-10-2-3-14(11(17)13-10)6-9(7-16)20-8-22(18,19)21-5-1-4-15/h2-3,9,15-16H,1,4-8H2,(H,18,19)(H2,12,13,17)/t9-/m0/s1. The quantitative estimate of drug-likeness (QED) is 0.302. The van der Waals surface area contributed by atoms with Gasteiger partial charge < -0.3 is 30.1 Å². The third-order valence-corrected chi connectivity index (χ3v) is 3.63. The minimum absolute atomic E-state index is 0.0563. The second-order valence-electron chi connectivity index (χ2n) is 4.44. The molecule has 22 heavy (non-hydrogen) atoms. The lowest BCUT2D eigenvalue weighted by Gasteiger charge is -2.18. The topological polar surface area (TPSA) is 157 Å². The lowest BCUT2D eigenvalue weighted by Crippen LogP contribution is -2.32. The summed E-state index contributed by atoms with van der Waals surface area (Å²) in [5, 5.41) is 17.8. The third-order valence-electron chi connectivity index (χ3n) is 2.57. The zero-order chi connectivity index (χ0) is 16.6. The van der Waals surface area contributed by atoms with Gasteiger partial charge in [0.1, 0.15) is 12.2 Å². The number of nitrogen functional groups attached to an aromatic ring is 1. The summed E-state index contributed by atoms with van der Waals surface area (Å²) >= 11 is 0. The molecule has 1 aromatic rings. The lowest BCUT2D eigenvalue weighted by molar-refractivity contribution is 0.0165. The third kappa shape index (κ3) is 6.65. The van der Waals surface area contributed by atoms with E-state index in [1.54, 1.807) is 0 Å². The van der Waals surface area contributed by atoms with Crippen LogP contribution in [0.15, 0.2) is 17.1 Å². The van der Waals surface area contributed by atoms with Crippen molar-refractivity contribution in [3.05, 3.63) is 22.7 Å². The van der Waals surface area contributed by atoms with Crippen molar-refractivity contribution in [1.82, 2.24) is 9.55 Å². The molecule has 0 saturated heterocycles. The first kappa shape index (κ1) is 18.8. The Kier molecular flexibility index (Phi) is 7.66. The molecule has 1 heterocycles. The first-order chi connectivity index (χ1) is 10.4. The molecule has 0 amide bonds. The molecule has 5 N–H and O–H groups in total. The minimum atomic E-state index is -3.98. The van der Waals surface area contributed by atoms with Crippen molar-refractivity contribution >= 4 is 13.4 Å². The molecule has 10 nitrogen and oxygen atoms in total. The lowest BCUT2D eigenvalue weighted by atomic mass is 10.3.